The molecule has 29 heavy (non-hydrogen) atoms. The first-order valence-corrected chi connectivity index (χ1v) is 11.1. The van der Waals surface area contributed by atoms with Crippen molar-refractivity contribution in [3.63, 3.8) is 0 Å². The predicted molar refractivity (Wildman–Crippen MR) is 115 cm³/mol. The van der Waals surface area contributed by atoms with E-state index in [1.165, 1.54) is 31.9 Å². The van der Waals surface area contributed by atoms with Crippen LogP contribution in [-0.2, 0) is 10.0 Å². The third kappa shape index (κ3) is 5.35. The van der Waals surface area contributed by atoms with E-state index in [1.807, 2.05) is 6.07 Å². The number of anilines is 1. The van der Waals surface area contributed by atoms with Crippen LogP contribution >= 0.6 is 0 Å². The van der Waals surface area contributed by atoms with Gasteiger partial charge in [-0.15, -0.1) is 0 Å². The molecule has 2 aromatic carbocycles. The average molecular weight is 417 g/mol. The minimum absolute atomic E-state index is 0.176. The highest BCUT2D eigenvalue weighted by Crippen LogP contribution is 2.16. The maximum Gasteiger partial charge on any atom is 0.251 e. The zero-order valence-corrected chi connectivity index (χ0v) is 17.7. The Hall–Kier alpha value is -2.42. The smallest absolute Gasteiger partial charge is 0.251 e. The Morgan fingerprint density at radius 1 is 0.966 bits per heavy atom. The first kappa shape index (κ1) is 21.3. The van der Waals surface area contributed by atoms with E-state index >= 15 is 0 Å². The number of rotatable bonds is 7. The van der Waals surface area contributed by atoms with Gasteiger partial charge in [-0.1, -0.05) is 18.2 Å². The van der Waals surface area contributed by atoms with Gasteiger partial charge in [0.05, 0.1) is 4.90 Å². The number of piperazine rings is 1. The number of carbonyl (C=O) groups excluding carboxylic acids is 1. The van der Waals surface area contributed by atoms with Crippen molar-refractivity contribution in [2.45, 2.75) is 4.90 Å². The van der Waals surface area contributed by atoms with E-state index in [1.54, 1.807) is 12.1 Å². The second-order valence-electron chi connectivity index (χ2n) is 7.23. The van der Waals surface area contributed by atoms with Gasteiger partial charge in [-0.05, 0) is 36.4 Å². The predicted octanol–water partition coefficient (Wildman–Crippen LogP) is 1.49. The van der Waals surface area contributed by atoms with Crippen LogP contribution in [0.3, 0.4) is 0 Å². The van der Waals surface area contributed by atoms with Gasteiger partial charge >= 0.3 is 0 Å². The van der Waals surface area contributed by atoms with Crippen molar-refractivity contribution in [2.75, 3.05) is 58.3 Å². The van der Waals surface area contributed by atoms with Gasteiger partial charge in [-0.3, -0.25) is 9.69 Å². The molecule has 1 saturated heterocycles. The molecule has 1 aliphatic heterocycles. The summed E-state index contributed by atoms with van der Waals surface area (Å²) in [4.78, 5) is 17.2. The Morgan fingerprint density at radius 3 is 2.17 bits per heavy atom. The van der Waals surface area contributed by atoms with E-state index in [9.17, 15) is 13.2 Å². The van der Waals surface area contributed by atoms with Crippen LogP contribution in [0.4, 0.5) is 5.69 Å². The van der Waals surface area contributed by atoms with Crippen molar-refractivity contribution in [3.05, 3.63) is 60.2 Å². The standard InChI is InChI=1S/C21H28N4O3S/c1-23(2)29(27,28)20-10-8-18(9-11-20)21(26)22-12-13-24-14-16-25(17-15-24)19-6-4-3-5-7-19/h3-11H,12-17H2,1-2H3,(H,22,26). The first-order chi connectivity index (χ1) is 13.9. The number of hydrogen-bond acceptors (Lipinski definition) is 5. The molecular formula is C21H28N4O3S. The largest absolute Gasteiger partial charge is 0.369 e. The molecule has 1 fully saturated rings. The normalized spacial score (nSPS) is 15.5. The lowest BCUT2D eigenvalue weighted by Crippen LogP contribution is -2.48. The van der Waals surface area contributed by atoms with E-state index in [4.69, 9.17) is 0 Å². The molecule has 0 aromatic heterocycles. The van der Waals surface area contributed by atoms with Gasteiger partial charge in [0.1, 0.15) is 0 Å². The van der Waals surface area contributed by atoms with E-state index in [0.717, 1.165) is 37.0 Å². The zero-order valence-electron chi connectivity index (χ0n) is 16.9. The second-order valence-corrected chi connectivity index (χ2v) is 9.38. The second kappa shape index (κ2) is 9.39. The molecule has 0 aliphatic carbocycles. The van der Waals surface area contributed by atoms with Gasteiger partial charge in [0, 0.05) is 64.6 Å². The summed E-state index contributed by atoms with van der Waals surface area (Å²) < 4.78 is 25.3. The summed E-state index contributed by atoms with van der Waals surface area (Å²) in [6.07, 6.45) is 0. The number of benzene rings is 2. The average Bonchev–Trinajstić information content (AvgIpc) is 2.75. The Labute approximate surface area is 173 Å². The number of para-hydroxylation sites is 1. The van der Waals surface area contributed by atoms with E-state index < -0.39 is 10.0 Å². The SMILES string of the molecule is CN(C)S(=O)(=O)c1ccc(C(=O)NCCN2CCN(c3ccccc3)CC2)cc1. The summed E-state index contributed by atoms with van der Waals surface area (Å²) in [6, 6.07) is 16.4. The third-order valence-corrected chi connectivity index (χ3v) is 6.93. The van der Waals surface area contributed by atoms with Crippen molar-refractivity contribution >= 4 is 21.6 Å². The van der Waals surface area contributed by atoms with Crippen molar-refractivity contribution in [2.24, 2.45) is 0 Å². The molecule has 1 heterocycles. The topological polar surface area (TPSA) is 73.0 Å². The molecule has 1 N–H and O–H groups in total. The third-order valence-electron chi connectivity index (χ3n) is 5.10. The molecule has 3 rings (SSSR count). The lowest BCUT2D eigenvalue weighted by molar-refractivity contribution is 0.0947. The van der Waals surface area contributed by atoms with Gasteiger partial charge in [-0.25, -0.2) is 12.7 Å². The molecule has 1 amide bonds. The minimum Gasteiger partial charge on any atom is -0.369 e. The van der Waals surface area contributed by atoms with Gasteiger partial charge in [-0.2, -0.15) is 0 Å². The van der Waals surface area contributed by atoms with Crippen molar-refractivity contribution in [1.82, 2.24) is 14.5 Å². The summed E-state index contributed by atoms with van der Waals surface area (Å²) >= 11 is 0. The minimum atomic E-state index is -3.48. The molecule has 2 aromatic rings. The number of amides is 1. The summed E-state index contributed by atoms with van der Waals surface area (Å²) in [5.74, 6) is -0.193. The fourth-order valence-corrected chi connectivity index (χ4v) is 4.19. The zero-order chi connectivity index (χ0) is 20.9. The molecule has 0 radical (unpaired) electrons. The number of nitrogens with one attached hydrogen (secondary N) is 1. The molecule has 8 heteroatoms. The van der Waals surface area contributed by atoms with E-state index in [0.29, 0.717) is 12.1 Å². The molecule has 7 nitrogen and oxygen atoms in total. The van der Waals surface area contributed by atoms with Crippen LogP contribution in [0, 0.1) is 0 Å². The quantitative estimate of drug-likeness (QED) is 0.740. The van der Waals surface area contributed by atoms with Gasteiger partial charge in [0.15, 0.2) is 0 Å². The van der Waals surface area contributed by atoms with Crippen molar-refractivity contribution < 1.29 is 13.2 Å². The maximum atomic E-state index is 12.3. The highest BCUT2D eigenvalue weighted by Gasteiger charge is 2.18. The number of carbonyl (C=O) groups is 1. The van der Waals surface area contributed by atoms with Crippen LogP contribution in [0.15, 0.2) is 59.5 Å². The van der Waals surface area contributed by atoms with Gasteiger partial charge < -0.3 is 10.2 Å². The summed E-state index contributed by atoms with van der Waals surface area (Å²) in [5.41, 5.74) is 1.71. The number of sulfonamides is 1. The van der Waals surface area contributed by atoms with Crippen molar-refractivity contribution in [1.29, 1.82) is 0 Å². The number of nitrogens with zero attached hydrogens (tertiary/aromatic N) is 3. The van der Waals surface area contributed by atoms with Gasteiger partial charge in [0.25, 0.3) is 5.91 Å². The van der Waals surface area contributed by atoms with Gasteiger partial charge in [0.2, 0.25) is 10.0 Å². The molecular weight excluding hydrogens is 388 g/mol. The molecule has 0 saturated carbocycles. The summed E-state index contributed by atoms with van der Waals surface area (Å²) in [5, 5.41) is 2.92. The Kier molecular flexibility index (Phi) is 6.89. The molecule has 0 bridgehead atoms. The molecule has 0 spiro atoms. The van der Waals surface area contributed by atoms with Crippen molar-refractivity contribution in [3.8, 4) is 0 Å². The molecule has 156 valence electrons. The fourth-order valence-electron chi connectivity index (χ4n) is 3.29. The summed E-state index contributed by atoms with van der Waals surface area (Å²) in [7, 11) is -0.521. The molecule has 0 atom stereocenters. The monoisotopic (exact) mass is 416 g/mol. The lowest BCUT2D eigenvalue weighted by atomic mass is 10.2. The molecule has 1 aliphatic rings. The maximum absolute atomic E-state index is 12.3. The highest BCUT2D eigenvalue weighted by molar-refractivity contribution is 7.89. The Balaban J connectivity index is 1.44. The summed E-state index contributed by atoms with van der Waals surface area (Å²) in [6.45, 7) is 5.21. The van der Waals surface area contributed by atoms with E-state index in [2.05, 4.69) is 39.4 Å². The van der Waals surface area contributed by atoms with Crippen LogP contribution < -0.4 is 10.2 Å². The Bertz CT molecular complexity index is 907. The molecule has 0 unspecified atom stereocenters. The van der Waals surface area contributed by atoms with Crippen LogP contribution in [0.5, 0.6) is 0 Å². The number of hydrogen-bond donors (Lipinski definition) is 1. The van der Waals surface area contributed by atoms with E-state index in [-0.39, 0.29) is 10.8 Å². The fraction of sp³-hybridized carbons (Fsp3) is 0.381. The van der Waals surface area contributed by atoms with Crippen LogP contribution in [0.25, 0.3) is 0 Å². The lowest BCUT2D eigenvalue weighted by Gasteiger charge is -2.36. The first-order valence-electron chi connectivity index (χ1n) is 9.71. The highest BCUT2D eigenvalue weighted by atomic mass is 32.2. The van der Waals surface area contributed by atoms with Crippen LogP contribution in [0.2, 0.25) is 0 Å². The Morgan fingerprint density at radius 2 is 1.59 bits per heavy atom. The van der Waals surface area contributed by atoms with Crippen LogP contribution in [0.1, 0.15) is 10.4 Å². The van der Waals surface area contributed by atoms with Crippen LogP contribution in [-0.4, -0.2) is 76.9 Å².